The quantitative estimate of drug-likeness (QED) is 0.604. The van der Waals surface area contributed by atoms with Crippen LogP contribution in [0.25, 0.3) is 0 Å². The van der Waals surface area contributed by atoms with E-state index in [0.717, 1.165) is 13.1 Å². The largest absolute Gasteiger partial charge is 0.354 e. The van der Waals surface area contributed by atoms with Gasteiger partial charge >= 0.3 is 5.97 Å². The summed E-state index contributed by atoms with van der Waals surface area (Å²) < 4.78 is 0. The number of amides is 3. The Balaban J connectivity index is 2.23. The predicted octanol–water partition coefficient (Wildman–Crippen LogP) is -0.558. The lowest BCUT2D eigenvalue weighted by Gasteiger charge is -2.17. The fraction of sp³-hybridized carbons (Fsp3) is 0.692. The summed E-state index contributed by atoms with van der Waals surface area (Å²) in [5, 5.41) is 3.09. The van der Waals surface area contributed by atoms with E-state index < -0.39 is 17.8 Å². The first-order valence-corrected chi connectivity index (χ1v) is 7.03. The van der Waals surface area contributed by atoms with Gasteiger partial charge in [0.15, 0.2) is 0 Å². The molecule has 1 saturated heterocycles. The number of nitrogens with zero attached hydrogens (tertiary/aromatic N) is 2. The summed E-state index contributed by atoms with van der Waals surface area (Å²) in [5.74, 6) is -1.93. The SMILES string of the molecule is CCN(CC)CC(=O)NCCC(=O)ON1C(=O)CCC1=O. The van der Waals surface area contributed by atoms with Crippen molar-refractivity contribution in [2.24, 2.45) is 0 Å². The number of likely N-dealkylation sites (N-methyl/N-ethyl adjacent to an activating group) is 1. The molecule has 118 valence electrons. The summed E-state index contributed by atoms with van der Waals surface area (Å²) in [6, 6.07) is 0. The first-order chi connectivity index (χ1) is 9.97. The molecule has 0 saturated carbocycles. The van der Waals surface area contributed by atoms with Crippen molar-refractivity contribution in [1.29, 1.82) is 0 Å². The third kappa shape index (κ3) is 5.50. The molecule has 1 aliphatic heterocycles. The number of nitrogens with one attached hydrogen (secondary N) is 1. The van der Waals surface area contributed by atoms with Crippen LogP contribution >= 0.6 is 0 Å². The molecule has 1 fully saturated rings. The lowest BCUT2D eigenvalue weighted by molar-refractivity contribution is -0.197. The topological polar surface area (TPSA) is 96.0 Å². The molecule has 8 heteroatoms. The molecule has 0 bridgehead atoms. The Morgan fingerprint density at radius 2 is 1.76 bits per heavy atom. The third-order valence-electron chi connectivity index (χ3n) is 3.11. The number of hydrogen-bond donors (Lipinski definition) is 1. The van der Waals surface area contributed by atoms with Gasteiger partial charge in [-0.1, -0.05) is 13.8 Å². The standard InChI is InChI=1S/C13H21N3O5/c1-3-15(4-2)9-10(17)14-8-7-13(20)21-16-11(18)5-6-12(16)19/h3-9H2,1-2H3,(H,14,17). The van der Waals surface area contributed by atoms with E-state index in [4.69, 9.17) is 0 Å². The minimum absolute atomic E-state index is 0.0622. The number of rotatable bonds is 8. The minimum Gasteiger partial charge on any atom is -0.354 e. The van der Waals surface area contributed by atoms with Crippen molar-refractivity contribution < 1.29 is 24.0 Å². The molecular weight excluding hydrogens is 278 g/mol. The maximum absolute atomic E-state index is 11.6. The lowest BCUT2D eigenvalue weighted by Crippen LogP contribution is -2.38. The van der Waals surface area contributed by atoms with Crippen molar-refractivity contribution in [2.75, 3.05) is 26.2 Å². The normalized spacial score (nSPS) is 14.7. The zero-order valence-electron chi connectivity index (χ0n) is 12.4. The first kappa shape index (κ1) is 17.1. The molecule has 1 aliphatic rings. The molecule has 0 unspecified atom stereocenters. The van der Waals surface area contributed by atoms with E-state index in [2.05, 4.69) is 10.2 Å². The molecule has 21 heavy (non-hydrogen) atoms. The molecule has 3 amide bonds. The van der Waals surface area contributed by atoms with E-state index in [0.29, 0.717) is 5.06 Å². The van der Waals surface area contributed by atoms with Gasteiger partial charge in [0.05, 0.1) is 13.0 Å². The molecule has 0 aromatic carbocycles. The highest BCUT2D eigenvalue weighted by atomic mass is 16.7. The van der Waals surface area contributed by atoms with Gasteiger partial charge in [-0.25, -0.2) is 4.79 Å². The average molecular weight is 299 g/mol. The van der Waals surface area contributed by atoms with Gasteiger partial charge in [0.1, 0.15) is 0 Å². The average Bonchev–Trinajstić information content (AvgIpc) is 2.76. The highest BCUT2D eigenvalue weighted by Gasteiger charge is 2.32. The van der Waals surface area contributed by atoms with Crippen LogP contribution in [-0.2, 0) is 24.0 Å². The molecule has 8 nitrogen and oxygen atoms in total. The molecule has 1 N–H and O–H groups in total. The third-order valence-corrected chi connectivity index (χ3v) is 3.11. The van der Waals surface area contributed by atoms with Crippen molar-refractivity contribution in [3.63, 3.8) is 0 Å². The summed E-state index contributed by atoms with van der Waals surface area (Å²) in [5.41, 5.74) is 0. The van der Waals surface area contributed by atoms with Gasteiger partial charge in [0.2, 0.25) is 5.91 Å². The molecular formula is C13H21N3O5. The van der Waals surface area contributed by atoms with Gasteiger partial charge in [-0.2, -0.15) is 0 Å². The Kier molecular flexibility index (Phi) is 6.80. The van der Waals surface area contributed by atoms with Crippen molar-refractivity contribution in [2.45, 2.75) is 33.1 Å². The van der Waals surface area contributed by atoms with Crippen LogP contribution in [0.15, 0.2) is 0 Å². The predicted molar refractivity (Wildman–Crippen MR) is 72.6 cm³/mol. The molecule has 0 aromatic heterocycles. The fourth-order valence-corrected chi connectivity index (χ4v) is 1.82. The van der Waals surface area contributed by atoms with E-state index in [9.17, 15) is 19.2 Å². The highest BCUT2D eigenvalue weighted by Crippen LogP contribution is 2.12. The van der Waals surface area contributed by atoms with Gasteiger partial charge in [-0.3, -0.25) is 19.3 Å². The Morgan fingerprint density at radius 1 is 1.19 bits per heavy atom. The smallest absolute Gasteiger partial charge is 0.334 e. The highest BCUT2D eigenvalue weighted by molar-refractivity contribution is 6.01. The second-order valence-electron chi connectivity index (χ2n) is 4.61. The van der Waals surface area contributed by atoms with Gasteiger partial charge in [0, 0.05) is 19.4 Å². The minimum atomic E-state index is -0.721. The molecule has 0 spiro atoms. The monoisotopic (exact) mass is 299 g/mol. The Hall–Kier alpha value is -1.96. The van der Waals surface area contributed by atoms with Crippen LogP contribution in [0.4, 0.5) is 0 Å². The summed E-state index contributed by atoms with van der Waals surface area (Å²) in [6.07, 6.45) is 0.0283. The van der Waals surface area contributed by atoms with Crippen LogP contribution in [0.2, 0.25) is 0 Å². The zero-order chi connectivity index (χ0) is 15.8. The van der Waals surface area contributed by atoms with E-state index >= 15 is 0 Å². The van der Waals surface area contributed by atoms with Crippen molar-refractivity contribution >= 4 is 23.7 Å². The maximum Gasteiger partial charge on any atom is 0.334 e. The number of hydroxylamine groups is 2. The van der Waals surface area contributed by atoms with Crippen molar-refractivity contribution in [3.05, 3.63) is 0 Å². The van der Waals surface area contributed by atoms with Gasteiger partial charge in [0.25, 0.3) is 11.8 Å². The molecule has 0 atom stereocenters. The summed E-state index contributed by atoms with van der Waals surface area (Å²) in [7, 11) is 0. The Labute approximate surface area is 123 Å². The second kappa shape index (κ2) is 8.35. The summed E-state index contributed by atoms with van der Waals surface area (Å²) in [4.78, 5) is 52.2. The van der Waals surface area contributed by atoms with Gasteiger partial charge in [-0.15, -0.1) is 5.06 Å². The summed E-state index contributed by atoms with van der Waals surface area (Å²) in [6.45, 7) is 5.83. The van der Waals surface area contributed by atoms with Crippen molar-refractivity contribution in [1.82, 2.24) is 15.3 Å². The van der Waals surface area contributed by atoms with E-state index in [-0.39, 0.29) is 38.3 Å². The number of imide groups is 1. The van der Waals surface area contributed by atoms with Crippen LogP contribution < -0.4 is 5.32 Å². The number of carbonyl (C=O) groups is 4. The van der Waals surface area contributed by atoms with Gasteiger partial charge in [-0.05, 0) is 13.1 Å². The van der Waals surface area contributed by atoms with Crippen LogP contribution in [-0.4, -0.2) is 59.8 Å². The van der Waals surface area contributed by atoms with E-state index in [1.54, 1.807) is 0 Å². The van der Waals surface area contributed by atoms with Crippen LogP contribution in [0.3, 0.4) is 0 Å². The summed E-state index contributed by atoms with van der Waals surface area (Å²) >= 11 is 0. The molecule has 0 radical (unpaired) electrons. The second-order valence-corrected chi connectivity index (χ2v) is 4.61. The lowest BCUT2D eigenvalue weighted by atomic mass is 10.4. The Bertz CT molecular complexity index is 404. The molecule has 0 aliphatic carbocycles. The number of carbonyl (C=O) groups excluding carboxylic acids is 4. The van der Waals surface area contributed by atoms with Crippen LogP contribution in [0, 0.1) is 0 Å². The van der Waals surface area contributed by atoms with Gasteiger partial charge < -0.3 is 10.2 Å². The van der Waals surface area contributed by atoms with E-state index in [1.165, 1.54) is 0 Å². The van der Waals surface area contributed by atoms with Crippen LogP contribution in [0.5, 0.6) is 0 Å². The zero-order valence-corrected chi connectivity index (χ0v) is 12.4. The molecule has 1 heterocycles. The molecule has 1 rings (SSSR count). The Morgan fingerprint density at radius 3 is 2.29 bits per heavy atom. The first-order valence-electron chi connectivity index (χ1n) is 7.03. The molecule has 0 aromatic rings. The van der Waals surface area contributed by atoms with Crippen LogP contribution in [0.1, 0.15) is 33.1 Å². The van der Waals surface area contributed by atoms with E-state index in [1.807, 2.05) is 18.7 Å². The maximum atomic E-state index is 11.6. The van der Waals surface area contributed by atoms with Crippen molar-refractivity contribution in [3.8, 4) is 0 Å². The number of hydrogen-bond acceptors (Lipinski definition) is 6. The fourth-order valence-electron chi connectivity index (χ4n) is 1.82.